The van der Waals surface area contributed by atoms with Crippen molar-refractivity contribution in [1.29, 1.82) is 0 Å². The molecule has 1 atom stereocenters. The molecule has 1 amide bonds. The summed E-state index contributed by atoms with van der Waals surface area (Å²) in [5.41, 5.74) is 1.81. The smallest absolute Gasteiger partial charge is 0.348 e. The fourth-order valence-electron chi connectivity index (χ4n) is 5.58. The van der Waals surface area contributed by atoms with Crippen molar-refractivity contribution in [2.24, 2.45) is 17.8 Å². The van der Waals surface area contributed by atoms with Gasteiger partial charge in [-0.25, -0.2) is 4.79 Å². The average Bonchev–Trinajstić information content (AvgIpc) is 3.21. The number of nitrogens with zero attached hydrogens (tertiary/aromatic N) is 1. The fourth-order valence-corrected chi connectivity index (χ4v) is 6.63. The van der Waals surface area contributed by atoms with Crippen molar-refractivity contribution in [2.45, 2.75) is 96.6 Å². The molecule has 2 N–H and O–H groups in total. The molecule has 2 fully saturated rings. The van der Waals surface area contributed by atoms with Crippen LogP contribution in [0.15, 0.2) is 12.1 Å². The summed E-state index contributed by atoms with van der Waals surface area (Å²) in [6.45, 7) is 4.49. The van der Waals surface area contributed by atoms with Gasteiger partial charge in [-0.05, 0) is 94.1 Å². The van der Waals surface area contributed by atoms with E-state index in [-0.39, 0.29) is 28.8 Å². The molecule has 1 heterocycles. The molecular formula is C26H37NO4S. The second kappa shape index (κ2) is 10.1. The van der Waals surface area contributed by atoms with Gasteiger partial charge in [0.1, 0.15) is 4.88 Å². The van der Waals surface area contributed by atoms with Gasteiger partial charge in [0.05, 0.1) is 11.8 Å². The number of aromatic carboxylic acids is 1. The van der Waals surface area contributed by atoms with Crippen LogP contribution in [0.2, 0.25) is 0 Å². The molecule has 0 aliphatic heterocycles. The van der Waals surface area contributed by atoms with E-state index in [1.54, 1.807) is 0 Å². The van der Waals surface area contributed by atoms with Gasteiger partial charge in [0.15, 0.2) is 0 Å². The molecule has 2 saturated carbocycles. The average molecular weight is 460 g/mol. The third-order valence-corrected chi connectivity index (χ3v) is 8.98. The number of rotatable bonds is 5. The summed E-state index contributed by atoms with van der Waals surface area (Å²) in [5, 5.41) is 20.1. The molecule has 176 valence electrons. The number of amides is 1. The van der Waals surface area contributed by atoms with Crippen molar-refractivity contribution in [3.05, 3.63) is 21.9 Å². The zero-order valence-electron chi connectivity index (χ0n) is 19.4. The van der Waals surface area contributed by atoms with Gasteiger partial charge < -0.3 is 15.1 Å². The van der Waals surface area contributed by atoms with Crippen molar-refractivity contribution in [3.8, 4) is 0 Å². The normalized spacial score (nSPS) is 31.1. The van der Waals surface area contributed by atoms with Crippen molar-refractivity contribution in [1.82, 2.24) is 0 Å². The number of carboxylic acid groups (broad SMARTS) is 1. The molecule has 32 heavy (non-hydrogen) atoms. The van der Waals surface area contributed by atoms with E-state index in [0.717, 1.165) is 62.7 Å². The lowest BCUT2D eigenvalue weighted by molar-refractivity contribution is -0.124. The highest BCUT2D eigenvalue weighted by atomic mass is 32.1. The molecule has 0 bridgehead atoms. The van der Waals surface area contributed by atoms with Crippen LogP contribution in [0.25, 0.3) is 5.57 Å². The Hall–Kier alpha value is -1.66. The number of carbonyl (C=O) groups excluding carboxylic acids is 1. The van der Waals surface area contributed by atoms with Crippen molar-refractivity contribution in [3.63, 3.8) is 0 Å². The quantitative estimate of drug-likeness (QED) is 0.557. The molecule has 1 unspecified atom stereocenters. The van der Waals surface area contributed by atoms with E-state index in [1.165, 1.54) is 16.9 Å². The number of aliphatic hydroxyl groups excluding tert-OH is 1. The number of hydrogen-bond acceptors (Lipinski definition) is 4. The number of thiophene rings is 1. The molecule has 1 aromatic rings. The number of carbonyl (C=O) groups is 2. The van der Waals surface area contributed by atoms with Crippen LogP contribution in [0.1, 0.15) is 99.0 Å². The zero-order valence-corrected chi connectivity index (χ0v) is 20.2. The topological polar surface area (TPSA) is 77.8 Å². The maximum Gasteiger partial charge on any atom is 0.348 e. The van der Waals surface area contributed by atoms with E-state index in [2.05, 4.69) is 19.9 Å². The number of anilines is 1. The number of allylic oxidation sites excluding steroid dienone is 2. The Labute approximate surface area is 195 Å². The zero-order chi connectivity index (χ0) is 22.8. The van der Waals surface area contributed by atoms with Gasteiger partial charge in [-0.3, -0.25) is 4.79 Å². The number of carboxylic acids is 1. The molecule has 0 saturated heterocycles. The molecule has 6 heteroatoms. The largest absolute Gasteiger partial charge is 0.477 e. The Balaban J connectivity index is 1.69. The summed E-state index contributed by atoms with van der Waals surface area (Å²) in [6.07, 6.45) is 11.7. The van der Waals surface area contributed by atoms with E-state index in [4.69, 9.17) is 0 Å². The van der Waals surface area contributed by atoms with E-state index >= 15 is 0 Å². The summed E-state index contributed by atoms with van der Waals surface area (Å²) >= 11 is 1.32. The molecule has 5 nitrogen and oxygen atoms in total. The van der Waals surface area contributed by atoms with E-state index in [9.17, 15) is 19.8 Å². The van der Waals surface area contributed by atoms with Crippen LogP contribution in [0.5, 0.6) is 0 Å². The van der Waals surface area contributed by atoms with Gasteiger partial charge in [0, 0.05) is 16.8 Å². The summed E-state index contributed by atoms with van der Waals surface area (Å²) in [7, 11) is 0. The lowest BCUT2D eigenvalue weighted by Crippen LogP contribution is -2.47. The van der Waals surface area contributed by atoms with Crippen LogP contribution < -0.4 is 4.90 Å². The van der Waals surface area contributed by atoms with E-state index in [1.807, 2.05) is 11.0 Å². The first kappa shape index (κ1) is 23.5. The molecule has 4 rings (SSSR count). The summed E-state index contributed by atoms with van der Waals surface area (Å²) in [6, 6.07) is 1.94. The predicted molar refractivity (Wildman–Crippen MR) is 129 cm³/mol. The number of hydrogen-bond donors (Lipinski definition) is 2. The Kier molecular flexibility index (Phi) is 7.40. The van der Waals surface area contributed by atoms with Crippen LogP contribution >= 0.6 is 11.3 Å². The Bertz CT molecular complexity index is 859. The lowest BCUT2D eigenvalue weighted by Gasteiger charge is -2.38. The SMILES string of the molecule is CC1CC=C(c2cc(N(C(=O)[C@H]3CC[C@H](C)CC3)[C@H]3CC[C@H](O)CC3)c(C(=O)O)s2)CC1. The minimum absolute atomic E-state index is 0.0298. The monoisotopic (exact) mass is 459 g/mol. The maximum atomic E-state index is 13.9. The first-order valence-corrected chi connectivity index (χ1v) is 13.2. The van der Waals surface area contributed by atoms with Crippen molar-refractivity contribution in [2.75, 3.05) is 4.90 Å². The van der Waals surface area contributed by atoms with Gasteiger partial charge in [0.25, 0.3) is 0 Å². The summed E-state index contributed by atoms with van der Waals surface area (Å²) in [4.78, 5) is 29.2. The minimum atomic E-state index is -0.952. The molecule has 3 aliphatic carbocycles. The molecule has 0 radical (unpaired) electrons. The second-order valence-electron chi connectivity index (χ2n) is 10.4. The third kappa shape index (κ3) is 5.12. The van der Waals surface area contributed by atoms with E-state index in [0.29, 0.717) is 30.4 Å². The van der Waals surface area contributed by atoms with Gasteiger partial charge in [-0.2, -0.15) is 0 Å². The first-order chi connectivity index (χ1) is 15.3. The molecule has 0 aromatic carbocycles. The Morgan fingerprint density at radius 3 is 2.25 bits per heavy atom. The summed E-state index contributed by atoms with van der Waals surface area (Å²) < 4.78 is 0. The van der Waals surface area contributed by atoms with Crippen molar-refractivity contribution < 1.29 is 19.8 Å². The van der Waals surface area contributed by atoms with Gasteiger partial charge in [-0.15, -0.1) is 11.3 Å². The van der Waals surface area contributed by atoms with Crippen LogP contribution in [-0.2, 0) is 4.79 Å². The molecule has 1 aromatic heterocycles. The number of aliphatic hydroxyl groups is 1. The van der Waals surface area contributed by atoms with Crippen LogP contribution in [-0.4, -0.2) is 34.2 Å². The molecule has 0 spiro atoms. The van der Waals surface area contributed by atoms with Gasteiger partial charge in [-0.1, -0.05) is 19.9 Å². The second-order valence-corrected chi connectivity index (χ2v) is 11.4. The third-order valence-electron chi connectivity index (χ3n) is 7.79. The van der Waals surface area contributed by atoms with Crippen LogP contribution in [0, 0.1) is 17.8 Å². The maximum absolute atomic E-state index is 13.9. The highest BCUT2D eigenvalue weighted by molar-refractivity contribution is 7.15. The van der Waals surface area contributed by atoms with Gasteiger partial charge >= 0.3 is 5.97 Å². The Morgan fingerprint density at radius 1 is 0.969 bits per heavy atom. The minimum Gasteiger partial charge on any atom is -0.477 e. The lowest BCUT2D eigenvalue weighted by atomic mass is 9.81. The molecular weight excluding hydrogens is 422 g/mol. The van der Waals surface area contributed by atoms with E-state index < -0.39 is 5.97 Å². The van der Waals surface area contributed by atoms with Crippen molar-refractivity contribution >= 4 is 34.5 Å². The highest BCUT2D eigenvalue weighted by Crippen LogP contribution is 2.42. The fraction of sp³-hybridized carbons (Fsp3) is 0.692. The van der Waals surface area contributed by atoms with Crippen LogP contribution in [0.3, 0.4) is 0 Å². The highest BCUT2D eigenvalue weighted by Gasteiger charge is 2.37. The first-order valence-electron chi connectivity index (χ1n) is 12.4. The van der Waals surface area contributed by atoms with Gasteiger partial charge in [0.2, 0.25) is 5.91 Å². The molecule has 3 aliphatic rings. The predicted octanol–water partition coefficient (Wildman–Crippen LogP) is 6.11. The Morgan fingerprint density at radius 2 is 1.66 bits per heavy atom. The standard InChI is InChI=1S/C26H37NO4S/c1-16-3-7-18(8-4-16)23-15-22(24(32-23)26(30)31)27(20-11-13-21(28)14-12-20)25(29)19-9-5-17(2)6-10-19/h7,15-17,19-21,28H,3-6,8-14H2,1-2H3,(H,30,31)/t16?,17-,19-,20-,21-. The summed E-state index contributed by atoms with van der Waals surface area (Å²) in [5.74, 6) is 0.430. The van der Waals surface area contributed by atoms with Crippen LogP contribution in [0.4, 0.5) is 5.69 Å².